The highest BCUT2D eigenvalue weighted by Crippen LogP contribution is 2.14. The van der Waals surface area contributed by atoms with E-state index in [2.05, 4.69) is 33.5 Å². The van der Waals surface area contributed by atoms with Gasteiger partial charge in [0.05, 0.1) is 0 Å². The second-order valence-electron chi connectivity index (χ2n) is 6.08. The zero-order valence-corrected chi connectivity index (χ0v) is 15.8. The first-order chi connectivity index (χ1) is 11.6. The molecule has 1 aromatic rings. The SMILES string of the molecule is CCCN(C(=O)CCNC(=O)c1ccc(Br)cc1)C1CCNCC1. The fourth-order valence-electron chi connectivity index (χ4n) is 3.00. The van der Waals surface area contributed by atoms with Gasteiger partial charge in [0, 0.05) is 35.6 Å². The molecule has 2 rings (SSSR count). The van der Waals surface area contributed by atoms with E-state index in [1.807, 2.05) is 17.0 Å². The zero-order chi connectivity index (χ0) is 17.4. The summed E-state index contributed by atoms with van der Waals surface area (Å²) < 4.78 is 0.936. The molecule has 0 saturated carbocycles. The summed E-state index contributed by atoms with van der Waals surface area (Å²) in [7, 11) is 0. The Labute approximate surface area is 152 Å². The van der Waals surface area contributed by atoms with Crippen LogP contribution in [0, 0.1) is 0 Å². The van der Waals surface area contributed by atoms with Crippen LogP contribution in [0.5, 0.6) is 0 Å². The number of amides is 2. The lowest BCUT2D eigenvalue weighted by Gasteiger charge is -2.34. The fourth-order valence-corrected chi connectivity index (χ4v) is 3.26. The molecule has 0 radical (unpaired) electrons. The van der Waals surface area contributed by atoms with Gasteiger partial charge in [0.2, 0.25) is 5.91 Å². The van der Waals surface area contributed by atoms with E-state index in [9.17, 15) is 9.59 Å². The van der Waals surface area contributed by atoms with Crippen molar-refractivity contribution in [2.24, 2.45) is 0 Å². The molecule has 0 bridgehead atoms. The first kappa shape index (κ1) is 18.9. The second-order valence-corrected chi connectivity index (χ2v) is 7.00. The number of hydrogen-bond donors (Lipinski definition) is 2. The molecule has 132 valence electrons. The monoisotopic (exact) mass is 395 g/mol. The maximum atomic E-state index is 12.5. The molecule has 0 aromatic heterocycles. The van der Waals surface area contributed by atoms with Crippen molar-refractivity contribution in [3.05, 3.63) is 34.3 Å². The number of nitrogens with zero attached hydrogens (tertiary/aromatic N) is 1. The van der Waals surface area contributed by atoms with Crippen LogP contribution in [0.1, 0.15) is 43.0 Å². The number of carbonyl (C=O) groups excluding carboxylic acids is 2. The van der Waals surface area contributed by atoms with Crippen molar-refractivity contribution in [2.75, 3.05) is 26.2 Å². The van der Waals surface area contributed by atoms with Gasteiger partial charge in [-0.1, -0.05) is 22.9 Å². The van der Waals surface area contributed by atoms with Crippen molar-refractivity contribution in [2.45, 2.75) is 38.6 Å². The summed E-state index contributed by atoms with van der Waals surface area (Å²) >= 11 is 3.35. The van der Waals surface area contributed by atoms with E-state index >= 15 is 0 Å². The molecule has 5 nitrogen and oxygen atoms in total. The minimum atomic E-state index is -0.140. The Balaban J connectivity index is 1.81. The highest BCUT2D eigenvalue weighted by atomic mass is 79.9. The van der Waals surface area contributed by atoms with Crippen molar-refractivity contribution >= 4 is 27.7 Å². The van der Waals surface area contributed by atoms with Gasteiger partial charge in [0.25, 0.3) is 5.91 Å². The lowest BCUT2D eigenvalue weighted by molar-refractivity contribution is -0.134. The standard InChI is InChI=1S/C18H26BrN3O2/c1-2-13-22(16-7-10-20-11-8-16)17(23)9-12-21-18(24)14-3-5-15(19)6-4-14/h3-6,16,20H,2,7-13H2,1H3,(H,21,24). The number of benzene rings is 1. The third-order valence-corrected chi connectivity index (χ3v) is 4.79. The zero-order valence-electron chi connectivity index (χ0n) is 14.2. The van der Waals surface area contributed by atoms with Crippen LogP contribution in [0.3, 0.4) is 0 Å². The van der Waals surface area contributed by atoms with Crippen LogP contribution in [0.25, 0.3) is 0 Å². The van der Waals surface area contributed by atoms with Gasteiger partial charge in [-0.25, -0.2) is 0 Å². The molecule has 24 heavy (non-hydrogen) atoms. The molecule has 1 aromatic carbocycles. The van der Waals surface area contributed by atoms with E-state index < -0.39 is 0 Å². The summed E-state index contributed by atoms with van der Waals surface area (Å²) in [6.45, 7) is 5.21. The Morgan fingerprint density at radius 1 is 1.25 bits per heavy atom. The summed E-state index contributed by atoms with van der Waals surface area (Å²) in [5.41, 5.74) is 0.606. The number of hydrogen-bond acceptors (Lipinski definition) is 3. The highest BCUT2D eigenvalue weighted by Gasteiger charge is 2.24. The lowest BCUT2D eigenvalue weighted by atomic mass is 10.0. The summed E-state index contributed by atoms with van der Waals surface area (Å²) in [4.78, 5) is 26.6. The van der Waals surface area contributed by atoms with Crippen molar-refractivity contribution < 1.29 is 9.59 Å². The van der Waals surface area contributed by atoms with Gasteiger partial charge < -0.3 is 15.5 Å². The van der Waals surface area contributed by atoms with E-state index in [1.165, 1.54) is 0 Å². The Morgan fingerprint density at radius 2 is 1.92 bits per heavy atom. The molecule has 1 heterocycles. The molecule has 1 aliphatic heterocycles. The van der Waals surface area contributed by atoms with Crippen LogP contribution in [0.15, 0.2) is 28.7 Å². The van der Waals surface area contributed by atoms with Gasteiger partial charge in [-0.2, -0.15) is 0 Å². The van der Waals surface area contributed by atoms with Crippen molar-refractivity contribution in [1.29, 1.82) is 0 Å². The summed E-state index contributed by atoms with van der Waals surface area (Å²) in [5.74, 6) is -0.000867. The molecule has 0 spiro atoms. The molecule has 1 saturated heterocycles. The number of rotatable bonds is 7. The molecule has 0 atom stereocenters. The topological polar surface area (TPSA) is 61.4 Å². The number of carbonyl (C=O) groups is 2. The van der Waals surface area contributed by atoms with Crippen LogP contribution in [0.4, 0.5) is 0 Å². The molecule has 0 unspecified atom stereocenters. The fraction of sp³-hybridized carbons (Fsp3) is 0.556. The maximum Gasteiger partial charge on any atom is 0.251 e. The first-order valence-corrected chi connectivity index (χ1v) is 9.45. The van der Waals surface area contributed by atoms with E-state index in [0.29, 0.717) is 24.6 Å². The van der Waals surface area contributed by atoms with E-state index in [1.54, 1.807) is 12.1 Å². The van der Waals surface area contributed by atoms with Gasteiger partial charge in [-0.15, -0.1) is 0 Å². The first-order valence-electron chi connectivity index (χ1n) is 8.65. The van der Waals surface area contributed by atoms with Gasteiger partial charge in [-0.05, 0) is 56.6 Å². The number of piperidine rings is 1. The maximum absolute atomic E-state index is 12.5. The predicted molar refractivity (Wildman–Crippen MR) is 99.0 cm³/mol. The summed E-state index contributed by atoms with van der Waals surface area (Å²) in [6, 6.07) is 7.53. The van der Waals surface area contributed by atoms with E-state index in [-0.39, 0.29) is 11.8 Å². The van der Waals surface area contributed by atoms with Crippen molar-refractivity contribution in [3.8, 4) is 0 Å². The molecular formula is C18H26BrN3O2. The van der Waals surface area contributed by atoms with Crippen LogP contribution in [-0.4, -0.2) is 48.9 Å². The summed E-state index contributed by atoms with van der Waals surface area (Å²) in [6.07, 6.45) is 3.33. The average Bonchev–Trinajstić information content (AvgIpc) is 2.60. The molecular weight excluding hydrogens is 370 g/mol. The molecule has 2 N–H and O–H groups in total. The van der Waals surface area contributed by atoms with E-state index in [4.69, 9.17) is 0 Å². The van der Waals surface area contributed by atoms with Crippen molar-refractivity contribution in [1.82, 2.24) is 15.5 Å². The third-order valence-electron chi connectivity index (χ3n) is 4.27. The van der Waals surface area contributed by atoms with Gasteiger partial charge in [-0.3, -0.25) is 9.59 Å². The largest absolute Gasteiger partial charge is 0.352 e. The molecule has 1 fully saturated rings. The molecule has 0 aliphatic carbocycles. The quantitative estimate of drug-likeness (QED) is 0.745. The second kappa shape index (κ2) is 9.79. The highest BCUT2D eigenvalue weighted by molar-refractivity contribution is 9.10. The van der Waals surface area contributed by atoms with Crippen LogP contribution < -0.4 is 10.6 Å². The third kappa shape index (κ3) is 5.60. The Bertz CT molecular complexity index is 542. The lowest BCUT2D eigenvalue weighted by Crippen LogP contribution is -2.47. The normalized spacial score (nSPS) is 15.1. The number of nitrogens with one attached hydrogen (secondary N) is 2. The predicted octanol–water partition coefficient (Wildman–Crippen LogP) is 2.56. The average molecular weight is 396 g/mol. The smallest absolute Gasteiger partial charge is 0.251 e. The van der Waals surface area contributed by atoms with Crippen LogP contribution in [-0.2, 0) is 4.79 Å². The number of halogens is 1. The summed E-state index contributed by atoms with van der Waals surface area (Å²) in [5, 5.41) is 6.17. The molecule has 6 heteroatoms. The Hall–Kier alpha value is -1.40. The minimum absolute atomic E-state index is 0.139. The molecule has 2 amide bonds. The van der Waals surface area contributed by atoms with Gasteiger partial charge in [0.1, 0.15) is 0 Å². The Morgan fingerprint density at radius 3 is 2.54 bits per heavy atom. The van der Waals surface area contributed by atoms with Crippen LogP contribution in [0.2, 0.25) is 0 Å². The van der Waals surface area contributed by atoms with Gasteiger partial charge >= 0.3 is 0 Å². The van der Waals surface area contributed by atoms with E-state index in [0.717, 1.165) is 43.4 Å². The molecule has 1 aliphatic rings. The Kier molecular flexibility index (Phi) is 7.72. The van der Waals surface area contributed by atoms with Crippen molar-refractivity contribution in [3.63, 3.8) is 0 Å². The van der Waals surface area contributed by atoms with Gasteiger partial charge in [0.15, 0.2) is 0 Å². The van der Waals surface area contributed by atoms with Crippen LogP contribution >= 0.6 is 15.9 Å². The minimum Gasteiger partial charge on any atom is -0.352 e.